The Bertz CT molecular complexity index is 942. The molecular formula is C26H34N4O3. The molecule has 0 aliphatic carbocycles. The summed E-state index contributed by atoms with van der Waals surface area (Å²) < 4.78 is 0. The number of carboxylic acids is 1. The number of pyridine rings is 1. The summed E-state index contributed by atoms with van der Waals surface area (Å²) in [7, 11) is 0. The molecule has 0 radical (unpaired) electrons. The third-order valence-corrected chi connectivity index (χ3v) is 6.76. The number of anilines is 1. The van der Waals surface area contributed by atoms with Gasteiger partial charge in [0.25, 0.3) is 0 Å². The molecular weight excluding hydrogens is 416 g/mol. The molecule has 2 aliphatic rings. The van der Waals surface area contributed by atoms with E-state index < -0.39 is 12.0 Å². The number of carbonyl (C=O) groups excluding carboxylic acids is 1. The molecule has 1 unspecified atom stereocenters. The predicted octanol–water partition coefficient (Wildman–Crippen LogP) is 2.90. The Kier molecular flexibility index (Phi) is 7.94. The summed E-state index contributed by atoms with van der Waals surface area (Å²) in [5, 5.41) is 16.2. The van der Waals surface area contributed by atoms with Gasteiger partial charge in [-0.2, -0.15) is 0 Å². The van der Waals surface area contributed by atoms with Crippen molar-refractivity contribution in [3.63, 3.8) is 0 Å². The number of hydrogen-bond acceptors (Lipinski definition) is 5. The molecule has 176 valence electrons. The van der Waals surface area contributed by atoms with E-state index in [2.05, 4.69) is 22.8 Å². The third kappa shape index (κ3) is 6.32. The zero-order valence-electron chi connectivity index (χ0n) is 19.1. The lowest BCUT2D eigenvalue weighted by Crippen LogP contribution is -2.48. The van der Waals surface area contributed by atoms with Gasteiger partial charge < -0.3 is 15.7 Å². The smallest absolute Gasteiger partial charge is 0.321 e. The molecule has 1 aromatic carbocycles. The molecule has 1 amide bonds. The van der Waals surface area contributed by atoms with Gasteiger partial charge >= 0.3 is 5.97 Å². The van der Waals surface area contributed by atoms with Gasteiger partial charge in [0.05, 0.1) is 0 Å². The quantitative estimate of drug-likeness (QED) is 0.509. The number of carboxylic acid groups (broad SMARTS) is 1. The van der Waals surface area contributed by atoms with E-state index in [4.69, 9.17) is 4.98 Å². The van der Waals surface area contributed by atoms with Crippen molar-refractivity contribution in [2.24, 2.45) is 5.92 Å². The second kappa shape index (κ2) is 11.3. The number of rotatable bonds is 9. The van der Waals surface area contributed by atoms with Crippen molar-refractivity contribution in [2.45, 2.75) is 51.0 Å². The second-order valence-electron chi connectivity index (χ2n) is 9.09. The fourth-order valence-electron chi connectivity index (χ4n) is 4.82. The lowest BCUT2D eigenvalue weighted by molar-refractivity contribution is -0.144. The molecule has 1 saturated heterocycles. The summed E-state index contributed by atoms with van der Waals surface area (Å²) in [6.07, 6.45) is 5.82. The van der Waals surface area contributed by atoms with Crippen LogP contribution in [0.25, 0.3) is 0 Å². The number of fused-ring (bicyclic) bond motifs is 1. The largest absolute Gasteiger partial charge is 0.480 e. The molecule has 2 aliphatic heterocycles. The molecule has 33 heavy (non-hydrogen) atoms. The number of aromatic nitrogens is 1. The molecule has 0 saturated carbocycles. The van der Waals surface area contributed by atoms with Gasteiger partial charge in [-0.05, 0) is 75.2 Å². The highest BCUT2D eigenvalue weighted by Crippen LogP contribution is 2.22. The Labute approximate surface area is 195 Å². The van der Waals surface area contributed by atoms with Crippen LogP contribution in [0.2, 0.25) is 0 Å². The third-order valence-electron chi connectivity index (χ3n) is 6.76. The standard InChI is InChI=1S/C26H34N4O3/c31-25(28-15-5-9-22-11-10-20-8-4-14-27-24(20)29-22)21-12-16-30(17-13-21)23(26(32)33)18-19-6-2-1-3-7-19/h1-3,6-7,10-11,21,23H,4-5,8-9,12-18H2,(H,27,29)(H,28,31)(H,32,33). The first-order valence-electron chi connectivity index (χ1n) is 12.1. The van der Waals surface area contributed by atoms with E-state index in [0.717, 1.165) is 49.3 Å². The SMILES string of the molecule is O=C(NCCCc1ccc2c(n1)NCCC2)C1CCN(C(Cc2ccccc2)C(=O)O)CC1. The van der Waals surface area contributed by atoms with E-state index in [1.54, 1.807) is 0 Å². The topological polar surface area (TPSA) is 94.6 Å². The molecule has 7 nitrogen and oxygen atoms in total. The van der Waals surface area contributed by atoms with E-state index >= 15 is 0 Å². The van der Waals surface area contributed by atoms with Crippen LogP contribution in [0.1, 0.15) is 42.5 Å². The summed E-state index contributed by atoms with van der Waals surface area (Å²) in [5.41, 5.74) is 3.37. The molecule has 3 N–H and O–H groups in total. The monoisotopic (exact) mass is 450 g/mol. The zero-order valence-corrected chi connectivity index (χ0v) is 19.1. The van der Waals surface area contributed by atoms with Crippen molar-refractivity contribution >= 4 is 17.7 Å². The van der Waals surface area contributed by atoms with E-state index in [-0.39, 0.29) is 11.8 Å². The molecule has 2 aromatic rings. The van der Waals surface area contributed by atoms with Crippen molar-refractivity contribution in [1.82, 2.24) is 15.2 Å². The number of benzene rings is 1. The Morgan fingerprint density at radius 1 is 1.15 bits per heavy atom. The highest BCUT2D eigenvalue weighted by Gasteiger charge is 2.32. The first-order valence-corrected chi connectivity index (χ1v) is 12.1. The Hall–Kier alpha value is -2.93. The predicted molar refractivity (Wildman–Crippen MR) is 128 cm³/mol. The van der Waals surface area contributed by atoms with Gasteiger partial charge in [0, 0.05) is 24.7 Å². The minimum absolute atomic E-state index is 0.0431. The van der Waals surface area contributed by atoms with Gasteiger partial charge in [-0.15, -0.1) is 0 Å². The number of nitrogens with one attached hydrogen (secondary N) is 2. The molecule has 4 rings (SSSR count). The van der Waals surface area contributed by atoms with Gasteiger partial charge in [0.2, 0.25) is 5.91 Å². The Balaban J connectivity index is 1.18. The van der Waals surface area contributed by atoms with Crippen molar-refractivity contribution < 1.29 is 14.7 Å². The first-order chi connectivity index (χ1) is 16.1. The van der Waals surface area contributed by atoms with Crippen LogP contribution in [-0.4, -0.2) is 59.1 Å². The zero-order chi connectivity index (χ0) is 23.0. The average molecular weight is 451 g/mol. The number of amides is 1. The summed E-state index contributed by atoms with van der Waals surface area (Å²) in [5.74, 6) is 0.261. The van der Waals surface area contributed by atoms with Crippen LogP contribution in [0.3, 0.4) is 0 Å². The minimum atomic E-state index is -0.798. The van der Waals surface area contributed by atoms with Crippen molar-refractivity contribution in [3.05, 3.63) is 59.3 Å². The number of nitrogens with zero attached hydrogens (tertiary/aromatic N) is 2. The molecule has 0 bridgehead atoms. The summed E-state index contributed by atoms with van der Waals surface area (Å²) in [6.45, 7) is 2.89. The Morgan fingerprint density at radius 3 is 2.70 bits per heavy atom. The molecule has 1 atom stereocenters. The fourth-order valence-corrected chi connectivity index (χ4v) is 4.82. The van der Waals surface area contributed by atoms with Crippen molar-refractivity contribution in [1.29, 1.82) is 0 Å². The molecule has 7 heteroatoms. The number of aryl methyl sites for hydroxylation is 2. The maximum atomic E-state index is 12.6. The maximum absolute atomic E-state index is 12.6. The van der Waals surface area contributed by atoms with Crippen molar-refractivity contribution in [2.75, 3.05) is 31.5 Å². The minimum Gasteiger partial charge on any atom is -0.480 e. The van der Waals surface area contributed by atoms with E-state index in [1.807, 2.05) is 35.2 Å². The van der Waals surface area contributed by atoms with Crippen LogP contribution in [0.15, 0.2) is 42.5 Å². The fraction of sp³-hybridized carbons (Fsp3) is 0.500. The number of hydrogen-bond donors (Lipinski definition) is 3. The van der Waals surface area contributed by atoms with Gasteiger partial charge in [-0.1, -0.05) is 36.4 Å². The second-order valence-corrected chi connectivity index (χ2v) is 9.09. The molecule has 1 aromatic heterocycles. The highest BCUT2D eigenvalue weighted by atomic mass is 16.4. The van der Waals surface area contributed by atoms with Crippen LogP contribution in [0, 0.1) is 5.92 Å². The highest BCUT2D eigenvalue weighted by molar-refractivity contribution is 5.79. The van der Waals surface area contributed by atoms with Crippen LogP contribution in [0.4, 0.5) is 5.82 Å². The number of aliphatic carboxylic acids is 1. The summed E-state index contributed by atoms with van der Waals surface area (Å²) in [4.78, 5) is 31.2. The van der Waals surface area contributed by atoms with Crippen LogP contribution in [-0.2, 0) is 28.9 Å². The van der Waals surface area contributed by atoms with E-state index in [0.29, 0.717) is 38.9 Å². The normalized spacial score (nSPS) is 17.6. The van der Waals surface area contributed by atoms with Crippen LogP contribution >= 0.6 is 0 Å². The van der Waals surface area contributed by atoms with Crippen molar-refractivity contribution in [3.8, 4) is 0 Å². The molecule has 1 fully saturated rings. The summed E-state index contributed by atoms with van der Waals surface area (Å²) >= 11 is 0. The van der Waals surface area contributed by atoms with Crippen LogP contribution in [0.5, 0.6) is 0 Å². The number of piperidine rings is 1. The lowest BCUT2D eigenvalue weighted by atomic mass is 9.93. The van der Waals surface area contributed by atoms with Gasteiger partial charge in [-0.3, -0.25) is 14.5 Å². The summed E-state index contributed by atoms with van der Waals surface area (Å²) in [6, 6.07) is 13.4. The van der Waals surface area contributed by atoms with Gasteiger partial charge in [-0.25, -0.2) is 4.98 Å². The maximum Gasteiger partial charge on any atom is 0.321 e. The number of likely N-dealkylation sites (tertiary alicyclic amines) is 1. The van der Waals surface area contributed by atoms with Gasteiger partial charge in [0.1, 0.15) is 11.9 Å². The van der Waals surface area contributed by atoms with Crippen LogP contribution < -0.4 is 10.6 Å². The average Bonchev–Trinajstić information content (AvgIpc) is 2.85. The number of carbonyl (C=O) groups is 2. The molecule has 0 spiro atoms. The van der Waals surface area contributed by atoms with E-state index in [9.17, 15) is 14.7 Å². The molecule has 3 heterocycles. The first kappa shape index (κ1) is 23.2. The van der Waals surface area contributed by atoms with E-state index in [1.165, 1.54) is 5.56 Å². The van der Waals surface area contributed by atoms with Gasteiger partial charge in [0.15, 0.2) is 0 Å². The lowest BCUT2D eigenvalue weighted by Gasteiger charge is -2.35. The Morgan fingerprint density at radius 2 is 1.94 bits per heavy atom.